The summed E-state index contributed by atoms with van der Waals surface area (Å²) >= 11 is 7.78. The van der Waals surface area contributed by atoms with Gasteiger partial charge in [-0.3, -0.25) is 4.72 Å². The molecule has 2 aromatic rings. The minimum absolute atomic E-state index is 0.0776. The molecule has 0 atom stereocenters. The predicted octanol–water partition coefficient (Wildman–Crippen LogP) is 3.18. The average Bonchev–Trinajstić information content (AvgIpc) is 2.86. The van der Waals surface area contributed by atoms with Crippen LogP contribution in [0.2, 0.25) is 4.47 Å². The highest BCUT2D eigenvalue weighted by Crippen LogP contribution is 2.27. The molecule has 0 unspecified atom stereocenters. The van der Waals surface area contributed by atoms with Gasteiger partial charge < -0.3 is 0 Å². The molecule has 0 fully saturated rings. The molecule has 5 nitrogen and oxygen atoms in total. The first-order valence-corrected chi connectivity index (χ1v) is 8.54. The third kappa shape index (κ3) is 3.00. The largest absolute Gasteiger partial charge is 0.274 e. The van der Waals surface area contributed by atoms with E-state index >= 15 is 0 Å². The van der Waals surface area contributed by atoms with Crippen LogP contribution in [-0.4, -0.2) is 18.4 Å². The quantitative estimate of drug-likeness (QED) is 0.938. The highest BCUT2D eigenvalue weighted by molar-refractivity contribution is 7.94. The van der Waals surface area contributed by atoms with Gasteiger partial charge in [-0.15, -0.1) is 11.3 Å². The zero-order valence-electron chi connectivity index (χ0n) is 9.55. The minimum Gasteiger partial charge on any atom is -0.254 e. The highest BCUT2D eigenvalue weighted by Gasteiger charge is 2.19. The summed E-state index contributed by atoms with van der Waals surface area (Å²) in [6.07, 6.45) is 1.23. The lowest BCUT2D eigenvalue weighted by Crippen LogP contribution is -2.11. The Kier molecular flexibility index (Phi) is 3.90. The molecule has 2 aromatic heterocycles. The average molecular weight is 324 g/mol. The Bertz CT molecular complexity index is 648. The maximum Gasteiger partial charge on any atom is 0.274 e. The van der Waals surface area contributed by atoms with E-state index in [1.807, 2.05) is 19.2 Å². The topological polar surface area (TPSA) is 72.0 Å². The second-order valence-electron chi connectivity index (χ2n) is 3.77. The minimum atomic E-state index is -3.64. The molecule has 2 heterocycles. The van der Waals surface area contributed by atoms with E-state index in [1.165, 1.54) is 17.5 Å². The Morgan fingerprint density at radius 1 is 1.44 bits per heavy atom. The summed E-state index contributed by atoms with van der Waals surface area (Å²) in [6, 6.07) is 0. The van der Waals surface area contributed by atoms with E-state index in [2.05, 4.69) is 14.7 Å². The molecule has 0 bridgehead atoms. The summed E-state index contributed by atoms with van der Waals surface area (Å²) in [5.74, 6) is 0.261. The van der Waals surface area contributed by atoms with E-state index < -0.39 is 10.0 Å². The lowest BCUT2D eigenvalue weighted by atomic mass is 10.2. The molecule has 0 aliphatic carbocycles. The Morgan fingerprint density at radius 3 is 2.67 bits per heavy atom. The number of halogens is 1. The maximum atomic E-state index is 12.0. The number of nitrogens with zero attached hydrogens (tertiary/aromatic N) is 2. The molecule has 0 aromatic carbocycles. The molecule has 18 heavy (non-hydrogen) atoms. The second kappa shape index (κ2) is 5.12. The van der Waals surface area contributed by atoms with Crippen molar-refractivity contribution in [2.75, 3.05) is 4.72 Å². The summed E-state index contributed by atoms with van der Waals surface area (Å²) in [6.45, 7) is 3.99. The zero-order chi connectivity index (χ0) is 13.3. The Labute approximate surface area is 118 Å². The van der Waals surface area contributed by atoms with Crippen molar-refractivity contribution >= 4 is 49.4 Å². The third-order valence-corrected chi connectivity index (χ3v) is 5.88. The van der Waals surface area contributed by atoms with Gasteiger partial charge in [0.25, 0.3) is 10.0 Å². The standard InChI is InChI=1S/C9H10ClN3O2S3/c1-5(2)6-4-16-9(12-6)13-18(14,15)7-3-11-8(10)17-7/h3-5H,1-2H3,(H,12,13). The number of rotatable bonds is 4. The maximum absolute atomic E-state index is 12.0. The number of aromatic nitrogens is 2. The first-order chi connectivity index (χ1) is 8.38. The van der Waals surface area contributed by atoms with Crippen molar-refractivity contribution in [3.63, 3.8) is 0 Å². The van der Waals surface area contributed by atoms with Crippen LogP contribution in [0.15, 0.2) is 15.8 Å². The number of hydrogen-bond acceptors (Lipinski definition) is 6. The Morgan fingerprint density at radius 2 is 2.17 bits per heavy atom. The van der Waals surface area contributed by atoms with Crippen molar-refractivity contribution in [1.29, 1.82) is 0 Å². The SMILES string of the molecule is CC(C)c1csc(NS(=O)(=O)c2cnc(Cl)s2)n1. The van der Waals surface area contributed by atoms with Gasteiger partial charge in [0.05, 0.1) is 11.9 Å². The number of sulfonamides is 1. The molecule has 0 saturated carbocycles. The van der Waals surface area contributed by atoms with Gasteiger partial charge >= 0.3 is 0 Å². The number of nitrogens with one attached hydrogen (secondary N) is 1. The van der Waals surface area contributed by atoms with Crippen LogP contribution < -0.4 is 4.72 Å². The van der Waals surface area contributed by atoms with E-state index in [4.69, 9.17) is 11.6 Å². The Balaban J connectivity index is 2.22. The molecule has 9 heteroatoms. The molecule has 0 aliphatic rings. The van der Waals surface area contributed by atoms with Crippen molar-refractivity contribution < 1.29 is 8.42 Å². The first kappa shape index (κ1) is 13.7. The van der Waals surface area contributed by atoms with Crippen LogP contribution in [0.4, 0.5) is 5.13 Å². The van der Waals surface area contributed by atoms with Crippen LogP contribution in [0.1, 0.15) is 25.5 Å². The van der Waals surface area contributed by atoms with Crippen molar-refractivity contribution in [2.45, 2.75) is 24.0 Å². The van der Waals surface area contributed by atoms with E-state index in [1.54, 1.807) is 0 Å². The van der Waals surface area contributed by atoms with Gasteiger partial charge in [-0.1, -0.05) is 36.8 Å². The van der Waals surface area contributed by atoms with Crippen molar-refractivity contribution in [3.8, 4) is 0 Å². The van der Waals surface area contributed by atoms with Gasteiger partial charge in [-0.2, -0.15) is 0 Å². The number of hydrogen-bond donors (Lipinski definition) is 1. The van der Waals surface area contributed by atoms with Crippen LogP contribution in [0, 0.1) is 0 Å². The molecular weight excluding hydrogens is 314 g/mol. The molecular formula is C9H10ClN3O2S3. The molecule has 0 amide bonds. The highest BCUT2D eigenvalue weighted by atomic mass is 35.5. The fraction of sp³-hybridized carbons (Fsp3) is 0.333. The molecule has 2 rings (SSSR count). The van der Waals surface area contributed by atoms with Crippen LogP contribution in [0.3, 0.4) is 0 Å². The number of anilines is 1. The van der Waals surface area contributed by atoms with Crippen LogP contribution >= 0.6 is 34.3 Å². The van der Waals surface area contributed by atoms with Crippen molar-refractivity contribution in [1.82, 2.24) is 9.97 Å². The third-order valence-electron chi connectivity index (χ3n) is 2.06. The van der Waals surface area contributed by atoms with Gasteiger partial charge in [0.1, 0.15) is 0 Å². The van der Waals surface area contributed by atoms with E-state index in [0.29, 0.717) is 5.13 Å². The van der Waals surface area contributed by atoms with Crippen molar-refractivity contribution in [3.05, 3.63) is 21.7 Å². The summed E-state index contributed by atoms with van der Waals surface area (Å²) in [7, 11) is -3.64. The summed E-state index contributed by atoms with van der Waals surface area (Å²) < 4.78 is 26.6. The van der Waals surface area contributed by atoms with Gasteiger partial charge in [0.2, 0.25) is 0 Å². The normalized spacial score (nSPS) is 12.0. The van der Waals surface area contributed by atoms with E-state index in [-0.39, 0.29) is 14.6 Å². The smallest absolute Gasteiger partial charge is 0.254 e. The van der Waals surface area contributed by atoms with E-state index in [9.17, 15) is 8.42 Å². The number of thiazole rings is 2. The monoisotopic (exact) mass is 323 g/mol. The van der Waals surface area contributed by atoms with Gasteiger partial charge in [0.15, 0.2) is 13.8 Å². The van der Waals surface area contributed by atoms with Gasteiger partial charge in [-0.25, -0.2) is 18.4 Å². The van der Waals surface area contributed by atoms with Gasteiger partial charge in [0, 0.05) is 5.38 Å². The van der Waals surface area contributed by atoms with Crippen molar-refractivity contribution in [2.24, 2.45) is 0 Å². The molecule has 0 radical (unpaired) electrons. The second-order valence-corrected chi connectivity index (χ2v) is 8.15. The predicted molar refractivity (Wildman–Crippen MR) is 74.1 cm³/mol. The lowest BCUT2D eigenvalue weighted by molar-refractivity contribution is 0.603. The van der Waals surface area contributed by atoms with Crippen LogP contribution in [0.5, 0.6) is 0 Å². The molecule has 98 valence electrons. The fourth-order valence-corrected chi connectivity index (χ4v) is 4.54. The fourth-order valence-electron chi connectivity index (χ4n) is 1.13. The zero-order valence-corrected chi connectivity index (χ0v) is 12.8. The van der Waals surface area contributed by atoms with E-state index in [0.717, 1.165) is 17.0 Å². The molecule has 0 saturated heterocycles. The molecule has 0 spiro atoms. The van der Waals surface area contributed by atoms with Gasteiger partial charge in [-0.05, 0) is 5.92 Å². The summed E-state index contributed by atoms with van der Waals surface area (Å²) in [5, 5.41) is 2.19. The Hall–Kier alpha value is -0.700. The lowest BCUT2D eigenvalue weighted by Gasteiger charge is -2.01. The summed E-state index contributed by atoms with van der Waals surface area (Å²) in [4.78, 5) is 7.91. The van der Waals surface area contributed by atoms with Crippen LogP contribution in [-0.2, 0) is 10.0 Å². The summed E-state index contributed by atoms with van der Waals surface area (Å²) in [5.41, 5.74) is 0.861. The molecule has 0 aliphatic heterocycles. The molecule has 1 N–H and O–H groups in total. The van der Waals surface area contributed by atoms with Crippen LogP contribution in [0.25, 0.3) is 0 Å². The first-order valence-electron chi connectivity index (χ1n) is 4.98.